The lowest BCUT2D eigenvalue weighted by Gasteiger charge is -2.13. The second-order valence-electron chi connectivity index (χ2n) is 5.30. The first-order valence-corrected chi connectivity index (χ1v) is 8.07. The quantitative estimate of drug-likeness (QED) is 0.661. The van der Waals surface area contributed by atoms with Crippen molar-refractivity contribution in [2.75, 3.05) is 14.2 Å². The summed E-state index contributed by atoms with van der Waals surface area (Å²) in [6.45, 7) is 0. The molecule has 1 atom stereocenters. The van der Waals surface area contributed by atoms with Crippen molar-refractivity contribution < 1.29 is 9.47 Å². The van der Waals surface area contributed by atoms with Crippen LogP contribution in [0.5, 0.6) is 11.5 Å². The molecule has 0 aliphatic carbocycles. The minimum atomic E-state index is -0.263. The van der Waals surface area contributed by atoms with E-state index in [1.165, 1.54) is 6.33 Å². The topological polar surface area (TPSA) is 69.0 Å². The molecule has 1 aromatic heterocycles. The van der Waals surface area contributed by atoms with Gasteiger partial charge in [-0.15, -0.1) is 0 Å². The van der Waals surface area contributed by atoms with Crippen molar-refractivity contribution in [1.82, 2.24) is 9.97 Å². The van der Waals surface area contributed by atoms with E-state index in [-0.39, 0.29) is 6.04 Å². The maximum Gasteiger partial charge on any atom is 0.162 e. The van der Waals surface area contributed by atoms with E-state index < -0.39 is 0 Å². The molecular weight excluding hydrogens is 372 g/mol. The van der Waals surface area contributed by atoms with Crippen LogP contribution in [0.1, 0.15) is 17.3 Å². The third-order valence-corrected chi connectivity index (χ3v) is 4.49. The lowest BCUT2D eigenvalue weighted by molar-refractivity contribution is 0.355. The summed E-state index contributed by atoms with van der Waals surface area (Å²) in [4.78, 5) is 8.81. The molecule has 24 heavy (non-hydrogen) atoms. The van der Waals surface area contributed by atoms with Crippen LogP contribution >= 0.6 is 15.9 Å². The van der Waals surface area contributed by atoms with Gasteiger partial charge in [0.2, 0.25) is 0 Å². The Morgan fingerprint density at radius 2 is 1.79 bits per heavy atom. The first-order valence-electron chi connectivity index (χ1n) is 7.28. The molecule has 0 radical (unpaired) electrons. The zero-order valence-electron chi connectivity index (χ0n) is 13.0. The maximum absolute atomic E-state index is 5.41. The number of benzene rings is 2. The summed E-state index contributed by atoms with van der Waals surface area (Å²) < 4.78 is 11.7. The fraction of sp³-hybridized carbons (Fsp3) is 0.176. The predicted octanol–water partition coefficient (Wildman–Crippen LogP) is 4.60. The number of methoxy groups -OCH3 is 2. The molecule has 4 rings (SSSR count). The van der Waals surface area contributed by atoms with Crippen LogP contribution in [0.25, 0.3) is 10.9 Å². The Hall–Kier alpha value is -2.54. The zero-order chi connectivity index (χ0) is 16.7. The van der Waals surface area contributed by atoms with Crippen molar-refractivity contribution in [2.45, 2.75) is 6.04 Å². The number of azo groups is 1. The van der Waals surface area contributed by atoms with Crippen molar-refractivity contribution in [2.24, 2.45) is 10.2 Å². The van der Waals surface area contributed by atoms with Gasteiger partial charge < -0.3 is 9.47 Å². The molecule has 120 valence electrons. The number of nitrogens with zero attached hydrogens (tertiary/aromatic N) is 4. The lowest BCUT2D eigenvalue weighted by atomic mass is 10.00. The van der Waals surface area contributed by atoms with Gasteiger partial charge in [-0.1, -0.05) is 15.9 Å². The van der Waals surface area contributed by atoms with Crippen molar-refractivity contribution >= 4 is 32.5 Å². The fourth-order valence-electron chi connectivity index (χ4n) is 2.84. The predicted molar refractivity (Wildman–Crippen MR) is 93.1 cm³/mol. The second kappa shape index (κ2) is 5.83. The molecule has 6 nitrogen and oxygen atoms in total. The van der Waals surface area contributed by atoms with E-state index in [1.54, 1.807) is 14.2 Å². The number of hydrogen-bond donors (Lipinski definition) is 0. The molecule has 0 fully saturated rings. The SMILES string of the molecule is COc1cc2ncnc(C3N=Nc4ccc(Br)cc43)c2cc1OC. The normalized spacial score (nSPS) is 15.5. The molecule has 2 aromatic carbocycles. The van der Waals surface area contributed by atoms with Crippen LogP contribution in [0.2, 0.25) is 0 Å². The largest absolute Gasteiger partial charge is 0.493 e. The molecule has 3 aromatic rings. The summed E-state index contributed by atoms with van der Waals surface area (Å²) in [6.07, 6.45) is 1.54. The highest BCUT2D eigenvalue weighted by Gasteiger charge is 2.26. The summed E-state index contributed by atoms with van der Waals surface area (Å²) in [5, 5.41) is 9.54. The van der Waals surface area contributed by atoms with Gasteiger partial charge in [0.15, 0.2) is 11.5 Å². The molecule has 0 bridgehead atoms. The first kappa shape index (κ1) is 15.0. The van der Waals surface area contributed by atoms with Gasteiger partial charge in [0.1, 0.15) is 12.4 Å². The third-order valence-electron chi connectivity index (χ3n) is 4.00. The Morgan fingerprint density at radius 1 is 1.00 bits per heavy atom. The fourth-order valence-corrected chi connectivity index (χ4v) is 3.22. The minimum absolute atomic E-state index is 0.263. The molecule has 1 unspecified atom stereocenters. The van der Waals surface area contributed by atoms with E-state index in [0.29, 0.717) is 11.5 Å². The average Bonchev–Trinajstić information content (AvgIpc) is 3.02. The molecular formula is C17H13BrN4O2. The molecule has 0 saturated heterocycles. The summed E-state index contributed by atoms with van der Waals surface area (Å²) in [5.74, 6) is 1.26. The summed E-state index contributed by atoms with van der Waals surface area (Å²) in [6, 6.07) is 9.38. The van der Waals surface area contributed by atoms with Crippen LogP contribution in [-0.4, -0.2) is 24.2 Å². The van der Waals surface area contributed by atoms with E-state index >= 15 is 0 Å². The van der Waals surface area contributed by atoms with Gasteiger partial charge in [-0.25, -0.2) is 9.97 Å². The third kappa shape index (κ3) is 2.32. The highest BCUT2D eigenvalue weighted by molar-refractivity contribution is 9.10. The van der Waals surface area contributed by atoms with Gasteiger partial charge in [-0.3, -0.25) is 0 Å². The van der Waals surface area contributed by atoms with Crippen molar-refractivity contribution in [3.05, 3.63) is 52.4 Å². The summed E-state index contributed by atoms with van der Waals surface area (Å²) in [5.41, 5.74) is 3.44. The number of ether oxygens (including phenoxy) is 2. The molecule has 0 N–H and O–H groups in total. The van der Waals surface area contributed by atoms with Gasteiger partial charge >= 0.3 is 0 Å². The molecule has 1 aliphatic heterocycles. The van der Waals surface area contributed by atoms with Crippen molar-refractivity contribution in [3.63, 3.8) is 0 Å². The van der Waals surface area contributed by atoms with E-state index in [9.17, 15) is 0 Å². The second-order valence-corrected chi connectivity index (χ2v) is 6.22. The number of rotatable bonds is 3. The van der Waals surface area contributed by atoms with Crippen LogP contribution in [0, 0.1) is 0 Å². The summed E-state index contributed by atoms with van der Waals surface area (Å²) in [7, 11) is 3.21. The molecule has 0 spiro atoms. The first-order chi connectivity index (χ1) is 11.7. The smallest absolute Gasteiger partial charge is 0.162 e. The van der Waals surface area contributed by atoms with E-state index in [2.05, 4.69) is 36.1 Å². The summed E-state index contributed by atoms with van der Waals surface area (Å²) >= 11 is 3.50. The molecule has 2 heterocycles. The van der Waals surface area contributed by atoms with Crippen LogP contribution in [0.15, 0.2) is 51.4 Å². The van der Waals surface area contributed by atoms with Crippen molar-refractivity contribution in [3.8, 4) is 11.5 Å². The van der Waals surface area contributed by atoms with Gasteiger partial charge in [-0.05, 0) is 24.3 Å². The highest BCUT2D eigenvalue weighted by Crippen LogP contribution is 2.43. The number of aromatic nitrogens is 2. The number of halogens is 1. The number of hydrogen-bond acceptors (Lipinski definition) is 6. The van der Waals surface area contributed by atoms with Gasteiger partial charge in [0, 0.05) is 21.5 Å². The highest BCUT2D eigenvalue weighted by atomic mass is 79.9. The Labute approximate surface area is 146 Å². The van der Waals surface area contributed by atoms with Gasteiger partial charge in [0.25, 0.3) is 0 Å². The average molecular weight is 385 g/mol. The lowest BCUT2D eigenvalue weighted by Crippen LogP contribution is -2.01. The number of fused-ring (bicyclic) bond motifs is 2. The van der Waals surface area contributed by atoms with E-state index in [1.807, 2.05) is 30.3 Å². The van der Waals surface area contributed by atoms with Gasteiger partial charge in [0.05, 0.1) is 31.1 Å². The van der Waals surface area contributed by atoms with Crippen LogP contribution in [0.3, 0.4) is 0 Å². The maximum atomic E-state index is 5.41. The van der Waals surface area contributed by atoms with Crippen LogP contribution in [0.4, 0.5) is 5.69 Å². The Morgan fingerprint density at radius 3 is 2.58 bits per heavy atom. The Bertz CT molecular complexity index is 974. The van der Waals surface area contributed by atoms with Crippen LogP contribution < -0.4 is 9.47 Å². The molecule has 0 amide bonds. The molecule has 7 heteroatoms. The van der Waals surface area contributed by atoms with Crippen molar-refractivity contribution in [1.29, 1.82) is 0 Å². The van der Waals surface area contributed by atoms with E-state index in [0.717, 1.165) is 32.3 Å². The van der Waals surface area contributed by atoms with Crippen LogP contribution in [-0.2, 0) is 0 Å². The Kier molecular flexibility index (Phi) is 3.65. The monoisotopic (exact) mass is 384 g/mol. The zero-order valence-corrected chi connectivity index (χ0v) is 14.6. The Balaban J connectivity index is 1.93. The molecule has 0 saturated carbocycles. The standard InChI is InChI=1S/C17H13BrN4O2/c1-23-14-6-11-13(7-15(14)24-2)19-8-20-16(11)17-10-5-9(18)3-4-12(10)21-22-17/h3-8,17H,1-2H3. The van der Waals surface area contributed by atoms with Gasteiger partial charge in [-0.2, -0.15) is 10.2 Å². The minimum Gasteiger partial charge on any atom is -0.493 e. The molecule has 1 aliphatic rings. The van der Waals surface area contributed by atoms with E-state index in [4.69, 9.17) is 9.47 Å².